The van der Waals surface area contributed by atoms with Crippen molar-refractivity contribution in [2.75, 3.05) is 0 Å². The van der Waals surface area contributed by atoms with Gasteiger partial charge in [-0.1, -0.05) is 12.2 Å². The highest BCUT2D eigenvalue weighted by molar-refractivity contribution is 7.17. The average molecular weight is 303 g/mol. The molecule has 0 aliphatic heterocycles. The Kier molecular flexibility index (Phi) is 4.18. The lowest BCUT2D eigenvalue weighted by Crippen LogP contribution is -2.14. The molecule has 0 radical (unpaired) electrons. The van der Waals surface area contributed by atoms with Gasteiger partial charge in [-0.2, -0.15) is 0 Å². The molecule has 0 fully saturated rings. The van der Waals surface area contributed by atoms with Crippen molar-refractivity contribution in [1.29, 1.82) is 0 Å². The van der Waals surface area contributed by atoms with Gasteiger partial charge < -0.3 is 10.2 Å². The molecule has 0 unspecified atom stereocenters. The molecule has 108 valence electrons. The summed E-state index contributed by atoms with van der Waals surface area (Å²) in [5, 5.41) is 21.1. The van der Waals surface area contributed by atoms with Crippen molar-refractivity contribution in [3.63, 3.8) is 0 Å². The van der Waals surface area contributed by atoms with Gasteiger partial charge in [0.15, 0.2) is 5.69 Å². The van der Waals surface area contributed by atoms with E-state index < -0.39 is 17.6 Å². The minimum Gasteiger partial charge on any atom is -0.478 e. The molecule has 6 heteroatoms. The quantitative estimate of drug-likeness (QED) is 0.800. The number of rotatable bonds is 6. The van der Waals surface area contributed by atoms with Gasteiger partial charge in [-0.05, 0) is 29.3 Å². The zero-order valence-electron chi connectivity index (χ0n) is 11.1. The molecule has 2 heterocycles. The summed E-state index contributed by atoms with van der Waals surface area (Å²) in [4.78, 5) is 27.3. The molecular weight excluding hydrogens is 290 g/mol. The van der Waals surface area contributed by atoms with Crippen LogP contribution >= 0.6 is 11.3 Å². The summed E-state index contributed by atoms with van der Waals surface area (Å²) >= 11 is 1.30. The first kappa shape index (κ1) is 14.9. The highest BCUT2D eigenvalue weighted by Gasteiger charge is 2.25. The van der Waals surface area contributed by atoms with Gasteiger partial charge >= 0.3 is 11.9 Å². The summed E-state index contributed by atoms with van der Waals surface area (Å²) in [7, 11) is 0. The second-order valence-corrected chi connectivity index (χ2v) is 5.21. The fraction of sp³-hybridized carbons (Fsp3) is 0.133. The molecule has 0 aliphatic carbocycles. The highest BCUT2D eigenvalue weighted by Crippen LogP contribution is 2.32. The van der Waals surface area contributed by atoms with E-state index in [4.69, 9.17) is 0 Å². The van der Waals surface area contributed by atoms with Crippen molar-refractivity contribution in [3.05, 3.63) is 53.1 Å². The van der Waals surface area contributed by atoms with Crippen LogP contribution in [0, 0.1) is 0 Å². The van der Waals surface area contributed by atoms with Crippen molar-refractivity contribution in [1.82, 2.24) is 4.98 Å². The molecule has 2 aromatic heterocycles. The minimum atomic E-state index is -1.35. The molecule has 0 spiro atoms. The maximum atomic E-state index is 11.5. The molecular formula is C15H13NO4S. The number of carboxylic acids is 2. The molecule has 2 aromatic rings. The molecule has 0 bridgehead atoms. The molecule has 5 nitrogen and oxygen atoms in total. The van der Waals surface area contributed by atoms with Gasteiger partial charge in [0.1, 0.15) is 4.83 Å². The lowest BCUT2D eigenvalue weighted by molar-refractivity contribution is 0.0646. The number of fused-ring (bicyclic) bond motifs is 1. The van der Waals surface area contributed by atoms with E-state index in [0.29, 0.717) is 22.2 Å². The van der Waals surface area contributed by atoms with E-state index in [1.807, 2.05) is 5.38 Å². The first-order valence-corrected chi connectivity index (χ1v) is 7.00. The average Bonchev–Trinajstić information content (AvgIpc) is 2.82. The Hall–Kier alpha value is -2.47. The van der Waals surface area contributed by atoms with E-state index in [9.17, 15) is 19.8 Å². The summed E-state index contributed by atoms with van der Waals surface area (Å²) in [5.41, 5.74) is 0.643. The summed E-state index contributed by atoms with van der Waals surface area (Å²) in [6.45, 7) is 7.30. The van der Waals surface area contributed by atoms with Crippen LogP contribution in [-0.4, -0.2) is 27.1 Å². The molecule has 2 N–H and O–H groups in total. The lowest BCUT2D eigenvalue weighted by atomic mass is 9.97. The predicted octanol–water partition coefficient (Wildman–Crippen LogP) is 3.15. The number of hydrogen-bond acceptors (Lipinski definition) is 4. The van der Waals surface area contributed by atoms with Gasteiger partial charge in [-0.15, -0.1) is 24.5 Å². The second-order valence-electron chi connectivity index (χ2n) is 4.35. The number of nitrogens with zero attached hydrogens (tertiary/aromatic N) is 1. The predicted molar refractivity (Wildman–Crippen MR) is 81.3 cm³/mol. The SMILES string of the molecule is C=CCc1csc2nc(C(=O)O)c(C(=O)O)c(CC=C)c12. The van der Waals surface area contributed by atoms with Gasteiger partial charge in [0.05, 0.1) is 5.56 Å². The molecule has 0 saturated heterocycles. The molecule has 0 atom stereocenters. The second kappa shape index (κ2) is 5.88. The van der Waals surface area contributed by atoms with Crippen molar-refractivity contribution >= 4 is 33.5 Å². The summed E-state index contributed by atoms with van der Waals surface area (Å²) in [6.07, 6.45) is 4.10. The summed E-state index contributed by atoms with van der Waals surface area (Å²) < 4.78 is 0. The van der Waals surface area contributed by atoms with E-state index in [1.165, 1.54) is 11.3 Å². The van der Waals surface area contributed by atoms with Crippen LogP contribution < -0.4 is 0 Å². The lowest BCUT2D eigenvalue weighted by Gasteiger charge is -2.10. The van der Waals surface area contributed by atoms with Gasteiger partial charge in [-0.25, -0.2) is 14.6 Å². The topological polar surface area (TPSA) is 87.5 Å². The zero-order valence-corrected chi connectivity index (χ0v) is 11.9. The fourth-order valence-corrected chi connectivity index (χ4v) is 3.24. The standard InChI is InChI=1S/C15H13NO4S/c1-3-5-8-7-21-13-10(8)9(6-4-2)11(14(17)18)12(16-13)15(19)20/h3-4,7H,1-2,5-6H2,(H,17,18)(H,19,20). The highest BCUT2D eigenvalue weighted by atomic mass is 32.1. The van der Waals surface area contributed by atoms with Crippen LogP contribution in [0.3, 0.4) is 0 Å². The number of carbonyl (C=O) groups is 2. The van der Waals surface area contributed by atoms with Crippen LogP contribution in [0.5, 0.6) is 0 Å². The number of aromatic carboxylic acids is 2. The van der Waals surface area contributed by atoms with Crippen LogP contribution in [-0.2, 0) is 12.8 Å². The summed E-state index contributed by atoms with van der Waals surface area (Å²) in [5.74, 6) is -2.65. The number of hydrogen-bond donors (Lipinski definition) is 2. The number of carboxylic acid groups (broad SMARTS) is 2. The molecule has 0 saturated carbocycles. The molecule has 0 amide bonds. The third kappa shape index (κ3) is 2.57. The first-order chi connectivity index (χ1) is 10.0. The third-order valence-electron chi connectivity index (χ3n) is 3.03. The van der Waals surface area contributed by atoms with Gasteiger partial charge in [0, 0.05) is 5.39 Å². The third-order valence-corrected chi connectivity index (χ3v) is 3.95. The van der Waals surface area contributed by atoms with Crippen LogP contribution in [0.15, 0.2) is 30.7 Å². The van der Waals surface area contributed by atoms with Crippen molar-refractivity contribution in [2.45, 2.75) is 12.8 Å². The zero-order chi connectivity index (χ0) is 15.6. The Labute approximate surface area is 124 Å². The van der Waals surface area contributed by atoms with Crippen LogP contribution in [0.4, 0.5) is 0 Å². The number of thiophene rings is 1. The number of allylic oxidation sites excluding steroid dienone is 2. The van der Waals surface area contributed by atoms with E-state index in [2.05, 4.69) is 18.1 Å². The Morgan fingerprint density at radius 3 is 2.38 bits per heavy atom. The Morgan fingerprint density at radius 1 is 1.19 bits per heavy atom. The number of pyridine rings is 1. The van der Waals surface area contributed by atoms with Crippen molar-refractivity contribution < 1.29 is 19.8 Å². The van der Waals surface area contributed by atoms with E-state index in [-0.39, 0.29) is 12.0 Å². The van der Waals surface area contributed by atoms with Gasteiger partial charge in [-0.3, -0.25) is 0 Å². The summed E-state index contributed by atoms with van der Waals surface area (Å²) in [6, 6.07) is 0. The maximum absolute atomic E-state index is 11.5. The van der Waals surface area contributed by atoms with Crippen LogP contribution in [0.2, 0.25) is 0 Å². The van der Waals surface area contributed by atoms with E-state index >= 15 is 0 Å². The smallest absolute Gasteiger partial charge is 0.355 e. The fourth-order valence-electron chi connectivity index (χ4n) is 2.25. The Balaban J connectivity index is 2.93. The monoisotopic (exact) mass is 303 g/mol. The molecule has 2 rings (SSSR count). The van der Waals surface area contributed by atoms with Crippen LogP contribution in [0.1, 0.15) is 32.0 Å². The van der Waals surface area contributed by atoms with Gasteiger partial charge in [0.2, 0.25) is 0 Å². The van der Waals surface area contributed by atoms with Crippen molar-refractivity contribution in [2.24, 2.45) is 0 Å². The van der Waals surface area contributed by atoms with E-state index in [0.717, 1.165) is 5.56 Å². The Bertz CT molecular complexity index is 761. The normalized spacial score (nSPS) is 10.5. The number of aromatic nitrogens is 1. The first-order valence-electron chi connectivity index (χ1n) is 6.12. The minimum absolute atomic E-state index is 0.265. The largest absolute Gasteiger partial charge is 0.478 e. The van der Waals surface area contributed by atoms with E-state index in [1.54, 1.807) is 12.2 Å². The molecule has 21 heavy (non-hydrogen) atoms. The molecule has 0 aliphatic rings. The molecule has 0 aromatic carbocycles. The van der Waals surface area contributed by atoms with Crippen molar-refractivity contribution in [3.8, 4) is 0 Å². The van der Waals surface area contributed by atoms with Gasteiger partial charge in [0.25, 0.3) is 0 Å². The van der Waals surface area contributed by atoms with Crippen LogP contribution in [0.25, 0.3) is 10.2 Å². The Morgan fingerprint density at radius 2 is 1.86 bits per heavy atom. The maximum Gasteiger partial charge on any atom is 0.355 e.